The summed E-state index contributed by atoms with van der Waals surface area (Å²) in [4.78, 5) is 15.8. The SMILES string of the molecule is CCc1ccccc1CNC(=NC)NCC(=O)OC(C)(C)C.I. The lowest BCUT2D eigenvalue weighted by atomic mass is 10.1. The molecule has 1 rings (SSSR count). The Morgan fingerprint density at radius 1 is 1.17 bits per heavy atom. The lowest BCUT2D eigenvalue weighted by molar-refractivity contribution is -0.153. The Bertz CT molecular complexity index is 525. The maximum atomic E-state index is 11.7. The monoisotopic (exact) mass is 433 g/mol. The van der Waals surface area contributed by atoms with Gasteiger partial charge in [-0.15, -0.1) is 24.0 Å². The lowest BCUT2D eigenvalue weighted by Gasteiger charge is -2.20. The Morgan fingerprint density at radius 3 is 2.30 bits per heavy atom. The van der Waals surface area contributed by atoms with Gasteiger partial charge < -0.3 is 15.4 Å². The number of rotatable bonds is 5. The number of aliphatic imine (C=N–C) groups is 1. The normalized spacial score (nSPS) is 11.4. The Morgan fingerprint density at radius 2 is 1.78 bits per heavy atom. The Kier molecular flexibility index (Phi) is 9.87. The third kappa shape index (κ3) is 8.78. The Hall–Kier alpha value is -1.31. The van der Waals surface area contributed by atoms with Crippen molar-refractivity contribution in [1.29, 1.82) is 0 Å². The third-order valence-corrected chi connectivity index (χ3v) is 2.99. The van der Waals surface area contributed by atoms with E-state index in [2.05, 4.69) is 34.7 Å². The van der Waals surface area contributed by atoms with Crippen LogP contribution >= 0.6 is 24.0 Å². The predicted octanol–water partition coefficient (Wildman–Crippen LogP) is 2.87. The summed E-state index contributed by atoms with van der Waals surface area (Å²) >= 11 is 0. The molecule has 0 unspecified atom stereocenters. The van der Waals surface area contributed by atoms with E-state index in [0.29, 0.717) is 12.5 Å². The quantitative estimate of drug-likeness (QED) is 0.325. The smallest absolute Gasteiger partial charge is 0.325 e. The number of guanidine groups is 1. The highest BCUT2D eigenvalue weighted by Crippen LogP contribution is 2.09. The van der Waals surface area contributed by atoms with Crippen molar-refractivity contribution in [2.75, 3.05) is 13.6 Å². The van der Waals surface area contributed by atoms with E-state index >= 15 is 0 Å². The molecule has 23 heavy (non-hydrogen) atoms. The van der Waals surface area contributed by atoms with E-state index in [1.165, 1.54) is 11.1 Å². The Labute approximate surface area is 156 Å². The molecule has 5 nitrogen and oxygen atoms in total. The van der Waals surface area contributed by atoms with Gasteiger partial charge in [-0.25, -0.2) is 0 Å². The van der Waals surface area contributed by atoms with E-state index in [1.54, 1.807) is 7.05 Å². The number of ether oxygens (including phenoxy) is 1. The van der Waals surface area contributed by atoms with E-state index in [9.17, 15) is 4.79 Å². The van der Waals surface area contributed by atoms with Gasteiger partial charge in [-0.1, -0.05) is 31.2 Å². The highest BCUT2D eigenvalue weighted by Gasteiger charge is 2.16. The van der Waals surface area contributed by atoms with Crippen molar-refractivity contribution in [3.8, 4) is 0 Å². The van der Waals surface area contributed by atoms with Crippen molar-refractivity contribution in [3.63, 3.8) is 0 Å². The molecule has 0 amide bonds. The van der Waals surface area contributed by atoms with Crippen LogP contribution in [-0.4, -0.2) is 31.1 Å². The van der Waals surface area contributed by atoms with Crippen molar-refractivity contribution in [1.82, 2.24) is 10.6 Å². The van der Waals surface area contributed by atoms with Crippen molar-refractivity contribution in [2.24, 2.45) is 4.99 Å². The summed E-state index contributed by atoms with van der Waals surface area (Å²) in [5, 5.41) is 6.17. The number of esters is 1. The van der Waals surface area contributed by atoms with Crippen LogP contribution in [0.3, 0.4) is 0 Å². The van der Waals surface area contributed by atoms with Gasteiger partial charge in [0.15, 0.2) is 5.96 Å². The first kappa shape index (κ1) is 21.7. The zero-order chi connectivity index (χ0) is 16.6. The van der Waals surface area contributed by atoms with E-state index in [-0.39, 0.29) is 36.5 Å². The molecule has 0 spiro atoms. The number of nitrogens with zero attached hydrogens (tertiary/aromatic N) is 1. The molecule has 0 aromatic heterocycles. The molecule has 0 aliphatic rings. The second-order valence-electron chi connectivity index (χ2n) is 5.99. The van der Waals surface area contributed by atoms with Crippen molar-refractivity contribution in [3.05, 3.63) is 35.4 Å². The van der Waals surface area contributed by atoms with E-state index in [4.69, 9.17) is 4.74 Å². The van der Waals surface area contributed by atoms with Gasteiger partial charge in [0.1, 0.15) is 12.1 Å². The molecular weight excluding hydrogens is 405 g/mol. The zero-order valence-electron chi connectivity index (χ0n) is 14.6. The van der Waals surface area contributed by atoms with E-state index in [1.807, 2.05) is 32.9 Å². The predicted molar refractivity (Wildman–Crippen MR) is 105 cm³/mol. The van der Waals surface area contributed by atoms with Crippen LogP contribution < -0.4 is 10.6 Å². The number of halogens is 1. The molecule has 0 aliphatic heterocycles. The second-order valence-corrected chi connectivity index (χ2v) is 5.99. The molecule has 0 bridgehead atoms. The minimum absolute atomic E-state index is 0. The standard InChI is InChI=1S/C17H27N3O2.HI/c1-6-13-9-7-8-10-14(13)11-19-16(18-5)20-12-15(21)22-17(2,3)4;/h7-10H,6,11-12H2,1-5H3,(H2,18,19,20);1H. The fourth-order valence-corrected chi connectivity index (χ4v) is 2.01. The van der Waals surface area contributed by atoms with Crippen LogP contribution in [0.25, 0.3) is 0 Å². The van der Waals surface area contributed by atoms with Crippen LogP contribution in [0, 0.1) is 0 Å². The van der Waals surface area contributed by atoms with Gasteiger partial charge in [0.2, 0.25) is 0 Å². The first-order valence-electron chi connectivity index (χ1n) is 7.59. The first-order valence-corrected chi connectivity index (χ1v) is 7.59. The molecule has 0 saturated heterocycles. The molecule has 1 aromatic carbocycles. The molecule has 1 aromatic rings. The number of carbonyl (C=O) groups excluding carboxylic acids is 1. The van der Waals surface area contributed by atoms with Gasteiger partial charge in [0.05, 0.1) is 0 Å². The summed E-state index contributed by atoms with van der Waals surface area (Å²) < 4.78 is 5.25. The average Bonchev–Trinajstić information content (AvgIpc) is 2.46. The summed E-state index contributed by atoms with van der Waals surface area (Å²) in [6.45, 7) is 8.43. The fraction of sp³-hybridized carbons (Fsp3) is 0.529. The number of nitrogens with one attached hydrogen (secondary N) is 2. The van der Waals surface area contributed by atoms with Crippen molar-refractivity contribution >= 4 is 35.9 Å². The van der Waals surface area contributed by atoms with E-state index < -0.39 is 5.60 Å². The first-order chi connectivity index (χ1) is 10.4. The highest BCUT2D eigenvalue weighted by molar-refractivity contribution is 14.0. The zero-order valence-corrected chi connectivity index (χ0v) is 16.9. The molecule has 0 saturated carbocycles. The summed E-state index contributed by atoms with van der Waals surface area (Å²) in [5.41, 5.74) is 2.05. The van der Waals surface area contributed by atoms with Gasteiger partial charge in [-0.05, 0) is 38.3 Å². The van der Waals surface area contributed by atoms with Crippen molar-refractivity contribution < 1.29 is 9.53 Å². The number of carbonyl (C=O) groups is 1. The molecular formula is C17H28IN3O2. The largest absolute Gasteiger partial charge is 0.459 e. The van der Waals surface area contributed by atoms with Crippen LogP contribution in [0.5, 0.6) is 0 Å². The van der Waals surface area contributed by atoms with Gasteiger partial charge in [-0.2, -0.15) is 0 Å². The topological polar surface area (TPSA) is 62.7 Å². The van der Waals surface area contributed by atoms with Gasteiger partial charge in [0, 0.05) is 13.6 Å². The average molecular weight is 433 g/mol. The minimum Gasteiger partial charge on any atom is -0.459 e. The highest BCUT2D eigenvalue weighted by atomic mass is 127. The van der Waals surface area contributed by atoms with Gasteiger partial charge in [0.25, 0.3) is 0 Å². The molecule has 2 N–H and O–H groups in total. The summed E-state index contributed by atoms with van der Waals surface area (Å²) in [6, 6.07) is 8.27. The number of benzene rings is 1. The maximum Gasteiger partial charge on any atom is 0.325 e. The molecule has 0 fully saturated rings. The maximum absolute atomic E-state index is 11.7. The van der Waals surface area contributed by atoms with Gasteiger partial charge in [-0.3, -0.25) is 9.79 Å². The minimum atomic E-state index is -0.476. The van der Waals surface area contributed by atoms with Gasteiger partial charge >= 0.3 is 5.97 Å². The van der Waals surface area contributed by atoms with Crippen molar-refractivity contribution in [2.45, 2.75) is 46.3 Å². The summed E-state index contributed by atoms with van der Waals surface area (Å²) in [7, 11) is 1.68. The fourth-order valence-electron chi connectivity index (χ4n) is 2.01. The van der Waals surface area contributed by atoms with Crippen LogP contribution in [0.1, 0.15) is 38.8 Å². The summed E-state index contributed by atoms with van der Waals surface area (Å²) in [5.74, 6) is 0.279. The van der Waals surface area contributed by atoms with Crippen LogP contribution in [0.4, 0.5) is 0 Å². The Balaban J connectivity index is 0.00000484. The third-order valence-electron chi connectivity index (χ3n) is 2.99. The summed E-state index contributed by atoms with van der Waals surface area (Å²) in [6.07, 6.45) is 0.988. The van der Waals surface area contributed by atoms with E-state index in [0.717, 1.165) is 6.42 Å². The molecule has 0 aliphatic carbocycles. The van der Waals surface area contributed by atoms with Crippen LogP contribution in [-0.2, 0) is 22.5 Å². The van der Waals surface area contributed by atoms with Crippen LogP contribution in [0.2, 0.25) is 0 Å². The number of hydrogen-bond acceptors (Lipinski definition) is 3. The molecule has 6 heteroatoms. The molecule has 0 radical (unpaired) electrons. The number of aryl methyl sites for hydroxylation is 1. The molecule has 0 heterocycles. The number of hydrogen-bond donors (Lipinski definition) is 2. The van der Waals surface area contributed by atoms with Crippen LogP contribution in [0.15, 0.2) is 29.3 Å². The molecule has 130 valence electrons. The second kappa shape index (κ2) is 10.5. The lowest BCUT2D eigenvalue weighted by Crippen LogP contribution is -2.41. The molecule has 0 atom stereocenters.